The number of carbonyl (C=O) groups excluding carboxylic acids is 2. The molecule has 0 atom stereocenters. The quantitative estimate of drug-likeness (QED) is 0.766. The Labute approximate surface area is 122 Å². The number of thiophene rings is 1. The highest BCUT2D eigenvalue weighted by molar-refractivity contribution is 7.12. The van der Waals surface area contributed by atoms with Gasteiger partial charge in [-0.3, -0.25) is 9.59 Å². The Bertz CT molecular complexity index is 439. The lowest BCUT2D eigenvalue weighted by atomic mass is 9.93. The third-order valence-electron chi connectivity index (χ3n) is 3.44. The lowest BCUT2D eigenvalue weighted by Crippen LogP contribution is -2.39. The predicted molar refractivity (Wildman–Crippen MR) is 77.7 cm³/mol. The first-order chi connectivity index (χ1) is 9.65. The van der Waals surface area contributed by atoms with Gasteiger partial charge < -0.3 is 15.7 Å². The molecule has 6 heteroatoms. The van der Waals surface area contributed by atoms with Crippen LogP contribution in [0.1, 0.15) is 41.8 Å². The summed E-state index contributed by atoms with van der Waals surface area (Å²) in [5.74, 6) is -0.175. The normalized spacial score (nSPS) is 22.2. The minimum Gasteiger partial charge on any atom is -0.393 e. The van der Waals surface area contributed by atoms with Crippen LogP contribution in [0.2, 0.25) is 0 Å². The van der Waals surface area contributed by atoms with E-state index >= 15 is 0 Å². The number of amides is 2. The summed E-state index contributed by atoms with van der Waals surface area (Å²) in [6.45, 7) is 0.345. The number of nitrogens with one attached hydrogen (secondary N) is 2. The van der Waals surface area contributed by atoms with Crippen LogP contribution in [-0.2, 0) is 4.79 Å². The molecule has 1 fully saturated rings. The summed E-state index contributed by atoms with van der Waals surface area (Å²) in [6.07, 6.45) is 3.23. The van der Waals surface area contributed by atoms with Gasteiger partial charge in [0.1, 0.15) is 0 Å². The average molecular weight is 296 g/mol. The molecule has 2 rings (SSSR count). The zero-order chi connectivity index (χ0) is 14.4. The Balaban J connectivity index is 1.62. The van der Waals surface area contributed by atoms with Crippen molar-refractivity contribution in [3.63, 3.8) is 0 Å². The van der Waals surface area contributed by atoms with Crippen LogP contribution in [0.25, 0.3) is 0 Å². The topological polar surface area (TPSA) is 78.4 Å². The van der Waals surface area contributed by atoms with Crippen LogP contribution in [-0.4, -0.2) is 35.6 Å². The maximum Gasteiger partial charge on any atom is 0.261 e. The summed E-state index contributed by atoms with van der Waals surface area (Å²) < 4.78 is 0. The van der Waals surface area contributed by atoms with E-state index < -0.39 is 0 Å². The molecule has 1 heterocycles. The standard InChI is InChI=1S/C14H20N2O3S/c17-11-5-3-10(4-6-11)16-13(18)7-8-15-14(19)12-2-1-9-20-12/h1-2,9-11,17H,3-8H2,(H,15,19)(H,16,18). The average Bonchev–Trinajstić information content (AvgIpc) is 2.95. The van der Waals surface area contributed by atoms with Crippen LogP contribution in [0, 0.1) is 0 Å². The van der Waals surface area contributed by atoms with Crippen molar-refractivity contribution in [1.29, 1.82) is 0 Å². The predicted octanol–water partition coefficient (Wildman–Crippen LogP) is 1.29. The van der Waals surface area contributed by atoms with Crippen molar-refractivity contribution in [2.45, 2.75) is 44.2 Å². The molecule has 20 heavy (non-hydrogen) atoms. The Hall–Kier alpha value is -1.40. The Morgan fingerprint density at radius 1 is 1.30 bits per heavy atom. The van der Waals surface area contributed by atoms with Crippen LogP contribution in [0.15, 0.2) is 17.5 Å². The second kappa shape index (κ2) is 7.40. The fraction of sp³-hybridized carbons (Fsp3) is 0.571. The van der Waals surface area contributed by atoms with E-state index in [1.807, 2.05) is 11.4 Å². The molecule has 1 aromatic rings. The third kappa shape index (κ3) is 4.61. The van der Waals surface area contributed by atoms with Gasteiger partial charge in [0.2, 0.25) is 5.91 Å². The lowest BCUT2D eigenvalue weighted by molar-refractivity contribution is -0.122. The molecule has 0 spiro atoms. The van der Waals surface area contributed by atoms with Crippen LogP contribution in [0.4, 0.5) is 0 Å². The molecule has 1 saturated carbocycles. The molecule has 0 aromatic carbocycles. The van der Waals surface area contributed by atoms with Gasteiger partial charge in [0.15, 0.2) is 0 Å². The fourth-order valence-corrected chi connectivity index (χ4v) is 2.94. The molecule has 0 unspecified atom stereocenters. The van der Waals surface area contributed by atoms with Gasteiger partial charge in [0.05, 0.1) is 11.0 Å². The molecule has 1 aliphatic carbocycles. The van der Waals surface area contributed by atoms with E-state index in [0.717, 1.165) is 25.7 Å². The number of hydrogen-bond acceptors (Lipinski definition) is 4. The highest BCUT2D eigenvalue weighted by atomic mass is 32.1. The van der Waals surface area contributed by atoms with Crippen molar-refractivity contribution in [3.8, 4) is 0 Å². The Morgan fingerprint density at radius 2 is 2.05 bits per heavy atom. The van der Waals surface area contributed by atoms with Crippen molar-refractivity contribution in [2.24, 2.45) is 0 Å². The highest BCUT2D eigenvalue weighted by Gasteiger charge is 2.20. The van der Waals surface area contributed by atoms with Gasteiger partial charge in [-0.05, 0) is 37.1 Å². The van der Waals surface area contributed by atoms with Crippen LogP contribution >= 0.6 is 11.3 Å². The smallest absolute Gasteiger partial charge is 0.261 e. The second-order valence-electron chi connectivity index (χ2n) is 5.06. The number of rotatable bonds is 5. The van der Waals surface area contributed by atoms with E-state index in [9.17, 15) is 14.7 Å². The van der Waals surface area contributed by atoms with Crippen molar-refractivity contribution in [1.82, 2.24) is 10.6 Å². The molecule has 0 radical (unpaired) electrons. The molecule has 3 N–H and O–H groups in total. The Morgan fingerprint density at radius 3 is 2.70 bits per heavy atom. The van der Waals surface area contributed by atoms with Gasteiger partial charge in [-0.25, -0.2) is 0 Å². The fourth-order valence-electron chi connectivity index (χ4n) is 2.30. The summed E-state index contributed by atoms with van der Waals surface area (Å²) >= 11 is 1.38. The van der Waals surface area contributed by atoms with Gasteiger partial charge >= 0.3 is 0 Å². The maximum absolute atomic E-state index is 11.7. The lowest BCUT2D eigenvalue weighted by Gasteiger charge is -2.26. The monoisotopic (exact) mass is 296 g/mol. The van der Waals surface area contributed by atoms with E-state index in [1.165, 1.54) is 11.3 Å². The van der Waals surface area contributed by atoms with E-state index in [-0.39, 0.29) is 30.4 Å². The molecule has 0 bridgehead atoms. The summed E-state index contributed by atoms with van der Waals surface area (Å²) in [7, 11) is 0. The summed E-state index contributed by atoms with van der Waals surface area (Å²) in [5.41, 5.74) is 0. The first-order valence-electron chi connectivity index (χ1n) is 6.94. The third-order valence-corrected chi connectivity index (χ3v) is 4.31. The molecular formula is C14H20N2O3S. The molecule has 110 valence electrons. The number of aliphatic hydroxyl groups excluding tert-OH is 1. The summed E-state index contributed by atoms with van der Waals surface area (Å²) in [5, 5.41) is 16.9. The van der Waals surface area contributed by atoms with Gasteiger partial charge in [-0.15, -0.1) is 11.3 Å². The molecule has 1 aliphatic rings. The Kier molecular flexibility index (Phi) is 5.55. The van der Waals surface area contributed by atoms with Gasteiger partial charge in [-0.2, -0.15) is 0 Å². The number of aliphatic hydroxyl groups is 1. The molecule has 0 saturated heterocycles. The van der Waals surface area contributed by atoms with Crippen LogP contribution in [0.3, 0.4) is 0 Å². The van der Waals surface area contributed by atoms with Crippen molar-refractivity contribution in [2.75, 3.05) is 6.54 Å². The molecule has 5 nitrogen and oxygen atoms in total. The second-order valence-corrected chi connectivity index (χ2v) is 6.00. The van der Waals surface area contributed by atoms with Crippen molar-refractivity contribution >= 4 is 23.2 Å². The number of hydrogen-bond donors (Lipinski definition) is 3. The zero-order valence-corrected chi connectivity index (χ0v) is 12.1. The van der Waals surface area contributed by atoms with E-state index in [2.05, 4.69) is 10.6 Å². The molecule has 2 amide bonds. The molecule has 0 aliphatic heterocycles. The molecular weight excluding hydrogens is 276 g/mol. The molecule has 1 aromatic heterocycles. The van der Waals surface area contributed by atoms with E-state index in [4.69, 9.17) is 0 Å². The summed E-state index contributed by atoms with van der Waals surface area (Å²) in [6, 6.07) is 3.75. The van der Waals surface area contributed by atoms with Crippen molar-refractivity contribution in [3.05, 3.63) is 22.4 Å². The van der Waals surface area contributed by atoms with Gasteiger partial charge in [-0.1, -0.05) is 6.07 Å². The van der Waals surface area contributed by atoms with Gasteiger partial charge in [0.25, 0.3) is 5.91 Å². The highest BCUT2D eigenvalue weighted by Crippen LogP contribution is 2.18. The van der Waals surface area contributed by atoms with E-state index in [1.54, 1.807) is 6.07 Å². The van der Waals surface area contributed by atoms with Crippen molar-refractivity contribution < 1.29 is 14.7 Å². The van der Waals surface area contributed by atoms with Crippen LogP contribution < -0.4 is 10.6 Å². The SMILES string of the molecule is O=C(CCNC(=O)c1cccs1)NC1CCC(O)CC1. The van der Waals surface area contributed by atoms with Crippen LogP contribution in [0.5, 0.6) is 0 Å². The minimum atomic E-state index is -0.215. The van der Waals surface area contributed by atoms with E-state index in [0.29, 0.717) is 11.4 Å². The van der Waals surface area contributed by atoms with Gasteiger partial charge in [0, 0.05) is 19.0 Å². The first-order valence-corrected chi connectivity index (χ1v) is 7.82. The number of carbonyl (C=O) groups is 2. The zero-order valence-electron chi connectivity index (χ0n) is 11.3. The first kappa shape index (κ1) is 15.0. The summed E-state index contributed by atoms with van der Waals surface area (Å²) in [4.78, 5) is 24.1. The largest absolute Gasteiger partial charge is 0.393 e. The maximum atomic E-state index is 11.7. The minimum absolute atomic E-state index is 0.0436.